The minimum absolute atomic E-state index is 0.152. The SMILES string of the molecule is COC(=O)c1ccc(CN2C(=O)CCC2=O)nc1. The van der Waals surface area contributed by atoms with E-state index in [0.29, 0.717) is 11.3 Å². The highest BCUT2D eigenvalue weighted by Crippen LogP contribution is 2.15. The molecule has 1 saturated heterocycles. The van der Waals surface area contributed by atoms with Gasteiger partial charge >= 0.3 is 5.97 Å². The molecule has 0 aromatic carbocycles. The molecule has 0 spiro atoms. The first-order valence-corrected chi connectivity index (χ1v) is 5.48. The molecule has 0 aliphatic carbocycles. The van der Waals surface area contributed by atoms with Gasteiger partial charge in [-0.2, -0.15) is 0 Å². The molecular formula is C12H12N2O4. The number of hydrogen-bond donors (Lipinski definition) is 0. The molecule has 18 heavy (non-hydrogen) atoms. The van der Waals surface area contributed by atoms with Gasteiger partial charge < -0.3 is 4.74 Å². The van der Waals surface area contributed by atoms with E-state index in [4.69, 9.17) is 0 Å². The molecule has 2 rings (SSSR count). The number of pyridine rings is 1. The molecule has 0 bridgehead atoms. The van der Waals surface area contributed by atoms with Crippen LogP contribution in [0.5, 0.6) is 0 Å². The first-order chi connectivity index (χ1) is 8.61. The number of nitrogens with zero attached hydrogens (tertiary/aromatic N) is 2. The van der Waals surface area contributed by atoms with Crippen LogP contribution in [0.25, 0.3) is 0 Å². The average molecular weight is 248 g/mol. The zero-order valence-electron chi connectivity index (χ0n) is 9.88. The summed E-state index contributed by atoms with van der Waals surface area (Å²) in [5, 5.41) is 0. The molecule has 1 aliphatic heterocycles. The second-order valence-electron chi connectivity index (χ2n) is 3.90. The van der Waals surface area contributed by atoms with Crippen molar-refractivity contribution in [3.63, 3.8) is 0 Å². The third kappa shape index (κ3) is 2.37. The Labute approximate surface area is 104 Å². The second kappa shape index (κ2) is 4.95. The van der Waals surface area contributed by atoms with Crippen LogP contribution in [0.3, 0.4) is 0 Å². The topological polar surface area (TPSA) is 76.6 Å². The number of carbonyl (C=O) groups is 3. The molecule has 1 fully saturated rings. The first kappa shape index (κ1) is 12.2. The number of hydrogen-bond acceptors (Lipinski definition) is 5. The quantitative estimate of drug-likeness (QED) is 0.575. The molecule has 0 atom stereocenters. The molecule has 94 valence electrons. The maximum absolute atomic E-state index is 11.4. The van der Waals surface area contributed by atoms with Crippen molar-refractivity contribution in [2.45, 2.75) is 19.4 Å². The van der Waals surface area contributed by atoms with E-state index in [1.165, 1.54) is 18.2 Å². The molecule has 0 N–H and O–H groups in total. The molecule has 2 amide bonds. The van der Waals surface area contributed by atoms with E-state index in [2.05, 4.69) is 9.72 Å². The Morgan fingerprint density at radius 1 is 1.33 bits per heavy atom. The van der Waals surface area contributed by atoms with Gasteiger partial charge in [0.05, 0.1) is 24.9 Å². The number of rotatable bonds is 3. The third-order valence-electron chi connectivity index (χ3n) is 2.72. The summed E-state index contributed by atoms with van der Waals surface area (Å²) in [5.74, 6) is -0.833. The number of ether oxygens (including phenoxy) is 1. The lowest BCUT2D eigenvalue weighted by molar-refractivity contribution is -0.139. The van der Waals surface area contributed by atoms with Crippen LogP contribution in [0, 0.1) is 0 Å². The highest BCUT2D eigenvalue weighted by Gasteiger charge is 2.28. The van der Waals surface area contributed by atoms with Crippen molar-refractivity contribution in [3.05, 3.63) is 29.6 Å². The number of amides is 2. The van der Waals surface area contributed by atoms with Crippen LogP contribution in [0.4, 0.5) is 0 Å². The summed E-state index contributed by atoms with van der Waals surface area (Å²) in [6, 6.07) is 3.16. The summed E-state index contributed by atoms with van der Waals surface area (Å²) in [7, 11) is 1.29. The van der Waals surface area contributed by atoms with Gasteiger partial charge in [-0.15, -0.1) is 0 Å². The Morgan fingerprint density at radius 3 is 2.50 bits per heavy atom. The Morgan fingerprint density at radius 2 is 2.00 bits per heavy atom. The van der Waals surface area contributed by atoms with E-state index < -0.39 is 5.97 Å². The number of carbonyl (C=O) groups excluding carboxylic acids is 3. The Balaban J connectivity index is 2.09. The predicted octanol–water partition coefficient (Wildman–Crippen LogP) is 0.517. The van der Waals surface area contributed by atoms with Gasteiger partial charge in [-0.25, -0.2) is 4.79 Å². The highest BCUT2D eigenvalue weighted by atomic mass is 16.5. The molecule has 1 aromatic rings. The molecule has 6 nitrogen and oxygen atoms in total. The fourth-order valence-electron chi connectivity index (χ4n) is 1.72. The molecule has 2 heterocycles. The summed E-state index contributed by atoms with van der Waals surface area (Å²) in [6.45, 7) is 0.152. The maximum Gasteiger partial charge on any atom is 0.339 e. The van der Waals surface area contributed by atoms with Gasteiger partial charge in [0, 0.05) is 19.0 Å². The van der Waals surface area contributed by atoms with Crippen LogP contribution >= 0.6 is 0 Å². The van der Waals surface area contributed by atoms with Gasteiger partial charge in [0.15, 0.2) is 0 Å². The number of aromatic nitrogens is 1. The van der Waals surface area contributed by atoms with Crippen LogP contribution in [0.15, 0.2) is 18.3 Å². The monoisotopic (exact) mass is 248 g/mol. The first-order valence-electron chi connectivity index (χ1n) is 5.48. The third-order valence-corrected chi connectivity index (χ3v) is 2.72. The van der Waals surface area contributed by atoms with E-state index in [9.17, 15) is 14.4 Å². The fourth-order valence-corrected chi connectivity index (χ4v) is 1.72. The van der Waals surface area contributed by atoms with Crippen LogP contribution in [0.1, 0.15) is 28.9 Å². The van der Waals surface area contributed by atoms with Gasteiger partial charge in [-0.3, -0.25) is 19.5 Å². The molecule has 0 unspecified atom stereocenters. The summed E-state index contributed by atoms with van der Waals surface area (Å²) < 4.78 is 4.55. The minimum atomic E-state index is -0.470. The lowest BCUT2D eigenvalue weighted by atomic mass is 10.2. The molecular weight excluding hydrogens is 236 g/mol. The Kier molecular flexibility index (Phi) is 3.36. The van der Waals surface area contributed by atoms with E-state index in [-0.39, 0.29) is 31.2 Å². The Hall–Kier alpha value is -2.24. The highest BCUT2D eigenvalue weighted by molar-refractivity contribution is 6.01. The zero-order chi connectivity index (χ0) is 13.1. The lowest BCUT2D eigenvalue weighted by Gasteiger charge is -2.12. The van der Waals surface area contributed by atoms with E-state index in [0.717, 1.165) is 0 Å². The number of esters is 1. The predicted molar refractivity (Wildman–Crippen MR) is 60.4 cm³/mol. The van der Waals surface area contributed by atoms with Gasteiger partial charge in [-0.1, -0.05) is 0 Å². The van der Waals surface area contributed by atoms with Crippen molar-refractivity contribution in [1.29, 1.82) is 0 Å². The zero-order valence-corrected chi connectivity index (χ0v) is 9.88. The van der Waals surface area contributed by atoms with Gasteiger partial charge in [0.1, 0.15) is 0 Å². The molecule has 6 heteroatoms. The number of methoxy groups -OCH3 is 1. The second-order valence-corrected chi connectivity index (χ2v) is 3.90. The summed E-state index contributed by atoms with van der Waals surface area (Å²) >= 11 is 0. The molecule has 0 saturated carbocycles. The summed E-state index contributed by atoms with van der Waals surface area (Å²) in [4.78, 5) is 39.2. The minimum Gasteiger partial charge on any atom is -0.465 e. The van der Waals surface area contributed by atoms with Crippen molar-refractivity contribution < 1.29 is 19.1 Å². The van der Waals surface area contributed by atoms with E-state index in [1.807, 2.05) is 0 Å². The van der Waals surface area contributed by atoms with Crippen molar-refractivity contribution in [1.82, 2.24) is 9.88 Å². The van der Waals surface area contributed by atoms with Gasteiger partial charge in [0.2, 0.25) is 11.8 Å². The van der Waals surface area contributed by atoms with Crippen molar-refractivity contribution in [2.24, 2.45) is 0 Å². The van der Waals surface area contributed by atoms with Crippen LogP contribution in [-0.4, -0.2) is 34.8 Å². The van der Waals surface area contributed by atoms with Crippen molar-refractivity contribution in [2.75, 3.05) is 7.11 Å². The van der Waals surface area contributed by atoms with Crippen molar-refractivity contribution >= 4 is 17.8 Å². The maximum atomic E-state index is 11.4. The van der Waals surface area contributed by atoms with Crippen LogP contribution < -0.4 is 0 Å². The van der Waals surface area contributed by atoms with Crippen molar-refractivity contribution in [3.8, 4) is 0 Å². The number of imide groups is 1. The summed E-state index contributed by atoms with van der Waals surface area (Å²) in [6.07, 6.45) is 1.89. The molecule has 0 radical (unpaired) electrons. The molecule has 1 aromatic heterocycles. The van der Waals surface area contributed by atoms with Crippen LogP contribution in [-0.2, 0) is 20.9 Å². The van der Waals surface area contributed by atoms with Gasteiger partial charge in [0.25, 0.3) is 0 Å². The summed E-state index contributed by atoms with van der Waals surface area (Å²) in [5.41, 5.74) is 0.895. The van der Waals surface area contributed by atoms with Crippen LogP contribution in [0.2, 0.25) is 0 Å². The fraction of sp³-hybridized carbons (Fsp3) is 0.333. The smallest absolute Gasteiger partial charge is 0.339 e. The number of likely N-dealkylation sites (tertiary alicyclic amines) is 1. The average Bonchev–Trinajstić information content (AvgIpc) is 2.70. The lowest BCUT2D eigenvalue weighted by Crippen LogP contribution is -2.28. The van der Waals surface area contributed by atoms with Gasteiger partial charge in [-0.05, 0) is 12.1 Å². The normalized spacial score (nSPS) is 15.1. The standard InChI is InChI=1S/C12H12N2O4/c1-18-12(17)8-2-3-9(13-6-8)7-14-10(15)4-5-11(14)16/h2-3,6H,4-5,7H2,1H3. The van der Waals surface area contributed by atoms with E-state index >= 15 is 0 Å². The Bertz CT molecular complexity index is 479. The van der Waals surface area contributed by atoms with E-state index in [1.54, 1.807) is 12.1 Å². The molecule has 1 aliphatic rings. The largest absolute Gasteiger partial charge is 0.465 e.